The van der Waals surface area contributed by atoms with Crippen molar-refractivity contribution >= 4 is 34.6 Å². The minimum absolute atomic E-state index is 0.0191. The van der Waals surface area contributed by atoms with E-state index in [4.69, 9.17) is 22.4 Å². The summed E-state index contributed by atoms with van der Waals surface area (Å²) < 4.78 is 0. The second-order valence-electron chi connectivity index (χ2n) is 4.04. The van der Waals surface area contributed by atoms with E-state index in [1.54, 1.807) is 12.3 Å². The van der Waals surface area contributed by atoms with E-state index in [1.165, 1.54) is 12.1 Å². The molecule has 0 saturated heterocycles. The van der Waals surface area contributed by atoms with Gasteiger partial charge in [0.25, 0.3) is 0 Å². The van der Waals surface area contributed by atoms with Crippen LogP contribution in [0.2, 0.25) is 5.02 Å². The molecule has 0 atom stereocenters. The van der Waals surface area contributed by atoms with Gasteiger partial charge in [0, 0.05) is 11.4 Å². The van der Waals surface area contributed by atoms with Crippen molar-refractivity contribution in [1.82, 2.24) is 4.98 Å². The minimum Gasteiger partial charge on any atom is -0.478 e. The number of nitrogens with zero attached hydrogens (tertiary/aromatic N) is 1. The third-order valence-corrected chi connectivity index (χ3v) is 2.82. The van der Waals surface area contributed by atoms with Crippen LogP contribution in [0.3, 0.4) is 0 Å². The van der Waals surface area contributed by atoms with Crippen LogP contribution < -0.4 is 11.1 Å². The van der Waals surface area contributed by atoms with Gasteiger partial charge in [0.05, 0.1) is 28.2 Å². The number of aromatic carboxylic acids is 1. The number of anilines is 3. The zero-order chi connectivity index (χ0) is 14.0. The number of rotatable bonds is 3. The zero-order valence-corrected chi connectivity index (χ0v) is 10.9. The van der Waals surface area contributed by atoms with Crippen LogP contribution in [0.4, 0.5) is 17.1 Å². The molecule has 0 fully saturated rings. The van der Waals surface area contributed by atoms with Gasteiger partial charge in [0.15, 0.2) is 0 Å². The Morgan fingerprint density at radius 1 is 1.42 bits per heavy atom. The van der Waals surface area contributed by atoms with Crippen LogP contribution in [0, 0.1) is 6.92 Å². The predicted octanol–water partition coefficient (Wildman–Crippen LogP) is 3.07. The number of aryl methyl sites for hydroxylation is 1. The molecule has 5 nitrogen and oxygen atoms in total. The average molecular weight is 278 g/mol. The molecule has 1 heterocycles. The van der Waals surface area contributed by atoms with Crippen molar-refractivity contribution in [3.05, 3.63) is 46.7 Å². The maximum Gasteiger partial charge on any atom is 0.337 e. The molecule has 0 aliphatic rings. The van der Waals surface area contributed by atoms with Crippen molar-refractivity contribution < 1.29 is 9.90 Å². The molecule has 4 N–H and O–H groups in total. The van der Waals surface area contributed by atoms with Gasteiger partial charge >= 0.3 is 5.97 Å². The Bertz CT molecular complexity index is 627. The van der Waals surface area contributed by atoms with Gasteiger partial charge in [-0.1, -0.05) is 11.6 Å². The summed E-state index contributed by atoms with van der Waals surface area (Å²) >= 11 is 6.03. The van der Waals surface area contributed by atoms with E-state index in [0.29, 0.717) is 17.1 Å². The van der Waals surface area contributed by atoms with Gasteiger partial charge in [0.1, 0.15) is 0 Å². The molecule has 0 aliphatic heterocycles. The second-order valence-corrected chi connectivity index (χ2v) is 4.45. The summed E-state index contributed by atoms with van der Waals surface area (Å²) in [6.07, 6.45) is 1.60. The van der Waals surface area contributed by atoms with E-state index in [1.807, 2.05) is 13.0 Å². The molecule has 19 heavy (non-hydrogen) atoms. The van der Waals surface area contributed by atoms with Crippen LogP contribution in [0.1, 0.15) is 16.1 Å². The molecule has 98 valence electrons. The molecule has 0 aliphatic carbocycles. The highest BCUT2D eigenvalue weighted by molar-refractivity contribution is 6.34. The maximum absolute atomic E-state index is 11.2. The molecular weight excluding hydrogens is 266 g/mol. The molecule has 0 radical (unpaired) electrons. The number of nitrogens with one attached hydrogen (secondary N) is 1. The molecule has 0 unspecified atom stereocenters. The van der Waals surface area contributed by atoms with Crippen LogP contribution in [0.5, 0.6) is 0 Å². The topological polar surface area (TPSA) is 88.2 Å². The lowest BCUT2D eigenvalue weighted by molar-refractivity contribution is 0.0698. The second kappa shape index (κ2) is 5.16. The highest BCUT2D eigenvalue weighted by Crippen LogP contribution is 2.31. The number of aromatic nitrogens is 1. The van der Waals surface area contributed by atoms with E-state index in [2.05, 4.69) is 10.3 Å². The Morgan fingerprint density at radius 3 is 2.74 bits per heavy atom. The summed E-state index contributed by atoms with van der Waals surface area (Å²) in [5.74, 6) is -1.10. The number of pyridine rings is 1. The SMILES string of the molecule is Cc1ccc(Nc2c(Cl)cc(N)cc2C(=O)O)cn1. The first-order valence-electron chi connectivity index (χ1n) is 5.49. The molecule has 0 amide bonds. The van der Waals surface area contributed by atoms with Crippen molar-refractivity contribution in [3.8, 4) is 0 Å². The summed E-state index contributed by atoms with van der Waals surface area (Å²) in [5.41, 5.74) is 7.73. The van der Waals surface area contributed by atoms with E-state index in [0.717, 1.165) is 5.69 Å². The molecule has 0 bridgehead atoms. The summed E-state index contributed by atoms with van der Waals surface area (Å²) in [4.78, 5) is 15.3. The summed E-state index contributed by atoms with van der Waals surface area (Å²) in [5, 5.41) is 12.4. The average Bonchev–Trinajstić information content (AvgIpc) is 2.34. The zero-order valence-electron chi connectivity index (χ0n) is 10.1. The summed E-state index contributed by atoms with van der Waals surface area (Å²) in [6.45, 7) is 1.86. The molecule has 1 aromatic heterocycles. The lowest BCUT2D eigenvalue weighted by Crippen LogP contribution is -2.05. The molecule has 2 aromatic rings. The molecule has 0 spiro atoms. The number of carbonyl (C=O) groups is 1. The van der Waals surface area contributed by atoms with Crippen LogP contribution in [-0.4, -0.2) is 16.1 Å². The molecule has 1 aromatic carbocycles. The highest BCUT2D eigenvalue weighted by atomic mass is 35.5. The van der Waals surface area contributed by atoms with Gasteiger partial charge in [-0.25, -0.2) is 4.79 Å². The van der Waals surface area contributed by atoms with Crippen molar-refractivity contribution in [2.45, 2.75) is 6.92 Å². The first kappa shape index (κ1) is 13.2. The van der Waals surface area contributed by atoms with Crippen molar-refractivity contribution in [2.75, 3.05) is 11.1 Å². The highest BCUT2D eigenvalue weighted by Gasteiger charge is 2.15. The molecular formula is C13H12ClN3O2. The van der Waals surface area contributed by atoms with Gasteiger partial charge in [-0.2, -0.15) is 0 Å². The largest absolute Gasteiger partial charge is 0.478 e. The van der Waals surface area contributed by atoms with Gasteiger partial charge < -0.3 is 16.2 Å². The number of halogens is 1. The Balaban J connectivity index is 2.44. The monoisotopic (exact) mass is 277 g/mol. The van der Waals surface area contributed by atoms with Gasteiger partial charge in [-0.15, -0.1) is 0 Å². The number of hydrogen-bond donors (Lipinski definition) is 3. The van der Waals surface area contributed by atoms with Gasteiger partial charge in [-0.05, 0) is 31.2 Å². The Kier molecular flexibility index (Phi) is 3.57. The first-order valence-corrected chi connectivity index (χ1v) is 5.87. The third kappa shape index (κ3) is 2.95. The van der Waals surface area contributed by atoms with Crippen molar-refractivity contribution in [3.63, 3.8) is 0 Å². The number of carboxylic acids is 1. The van der Waals surface area contributed by atoms with Gasteiger partial charge in [0.2, 0.25) is 0 Å². The third-order valence-electron chi connectivity index (χ3n) is 2.52. The summed E-state index contributed by atoms with van der Waals surface area (Å²) in [7, 11) is 0. The number of nitrogens with two attached hydrogens (primary N) is 1. The Morgan fingerprint density at radius 2 is 2.16 bits per heavy atom. The minimum atomic E-state index is -1.10. The van der Waals surface area contributed by atoms with Crippen LogP contribution in [0.15, 0.2) is 30.5 Å². The fourth-order valence-corrected chi connectivity index (χ4v) is 1.88. The van der Waals surface area contributed by atoms with Crippen molar-refractivity contribution in [2.24, 2.45) is 0 Å². The van der Waals surface area contributed by atoms with Crippen molar-refractivity contribution in [1.29, 1.82) is 0 Å². The smallest absolute Gasteiger partial charge is 0.337 e. The number of hydrogen-bond acceptors (Lipinski definition) is 4. The van der Waals surface area contributed by atoms with E-state index < -0.39 is 5.97 Å². The normalized spacial score (nSPS) is 10.2. The molecule has 2 rings (SSSR count). The van der Waals surface area contributed by atoms with Crippen LogP contribution >= 0.6 is 11.6 Å². The van der Waals surface area contributed by atoms with Crippen LogP contribution in [0.25, 0.3) is 0 Å². The van der Waals surface area contributed by atoms with Crippen LogP contribution in [-0.2, 0) is 0 Å². The Labute approximate surface area is 115 Å². The maximum atomic E-state index is 11.2. The fourth-order valence-electron chi connectivity index (χ4n) is 1.61. The number of benzene rings is 1. The van der Waals surface area contributed by atoms with E-state index >= 15 is 0 Å². The van der Waals surface area contributed by atoms with E-state index in [9.17, 15) is 4.79 Å². The van der Waals surface area contributed by atoms with E-state index in [-0.39, 0.29) is 10.6 Å². The quantitative estimate of drug-likeness (QED) is 0.750. The number of carboxylic acid groups (broad SMARTS) is 1. The first-order chi connectivity index (χ1) is 8.97. The molecule has 0 saturated carbocycles. The fraction of sp³-hybridized carbons (Fsp3) is 0.0769. The molecule has 6 heteroatoms. The number of nitrogen functional groups attached to an aromatic ring is 1. The standard InChI is InChI=1S/C13H12ClN3O2/c1-7-2-3-9(6-16-7)17-12-10(13(18)19)4-8(15)5-11(12)14/h2-6,17H,15H2,1H3,(H,18,19). The predicted molar refractivity (Wildman–Crippen MR) is 75.1 cm³/mol. The Hall–Kier alpha value is -2.27. The lowest BCUT2D eigenvalue weighted by Gasteiger charge is -2.12. The van der Waals surface area contributed by atoms with Gasteiger partial charge in [-0.3, -0.25) is 4.98 Å². The lowest BCUT2D eigenvalue weighted by atomic mass is 10.1. The summed E-state index contributed by atoms with van der Waals surface area (Å²) in [6, 6.07) is 6.46.